The van der Waals surface area contributed by atoms with Crippen LogP contribution >= 0.6 is 11.3 Å². The van der Waals surface area contributed by atoms with E-state index in [2.05, 4.69) is 10.3 Å². The van der Waals surface area contributed by atoms with Gasteiger partial charge in [-0.3, -0.25) is 0 Å². The zero-order valence-corrected chi connectivity index (χ0v) is 12.0. The summed E-state index contributed by atoms with van der Waals surface area (Å²) >= 11 is 1.21. The van der Waals surface area contributed by atoms with Crippen molar-refractivity contribution in [2.24, 2.45) is 0 Å². The molecule has 1 aromatic carbocycles. The van der Waals surface area contributed by atoms with Crippen LogP contribution in [-0.2, 0) is 4.79 Å². The number of halogens is 2. The molecule has 1 heterocycles. The van der Waals surface area contributed by atoms with Gasteiger partial charge in [-0.25, -0.2) is 14.2 Å². The van der Waals surface area contributed by atoms with Crippen molar-refractivity contribution in [3.05, 3.63) is 29.1 Å². The smallest absolute Gasteiger partial charge is 0.341 e. The molecule has 0 radical (unpaired) electrons. The van der Waals surface area contributed by atoms with Gasteiger partial charge in [-0.05, 0) is 12.1 Å². The van der Waals surface area contributed by atoms with Gasteiger partial charge in [0.1, 0.15) is 0 Å². The third kappa shape index (κ3) is 3.68. The maximum absolute atomic E-state index is 13.8. The Morgan fingerprint density at radius 2 is 2.18 bits per heavy atom. The van der Waals surface area contributed by atoms with Gasteiger partial charge in [0.25, 0.3) is 0 Å². The van der Waals surface area contributed by atoms with Gasteiger partial charge in [0.05, 0.1) is 12.3 Å². The van der Waals surface area contributed by atoms with Crippen LogP contribution in [0.1, 0.15) is 0 Å². The standard InChI is InChI=1S/C13H12F2N2O4S/c14-8-2-1-7(12(11(8)15)21-5-10(19)20)9-6-22-13(17-9)16-3-4-18/h1-2,6,18H,3-5H2,(H,16,17)(H,19,20). The number of nitrogens with zero attached hydrogens (tertiary/aromatic N) is 1. The fourth-order valence-electron chi connectivity index (χ4n) is 1.65. The minimum atomic E-state index is -1.31. The molecule has 0 atom stereocenters. The van der Waals surface area contributed by atoms with E-state index in [-0.39, 0.29) is 12.2 Å². The van der Waals surface area contributed by atoms with E-state index in [1.807, 2.05) is 0 Å². The van der Waals surface area contributed by atoms with E-state index in [0.29, 0.717) is 17.4 Å². The molecule has 118 valence electrons. The van der Waals surface area contributed by atoms with Crippen molar-refractivity contribution < 1.29 is 28.5 Å². The first-order valence-corrected chi connectivity index (χ1v) is 7.04. The quantitative estimate of drug-likeness (QED) is 0.719. The third-order valence-corrected chi connectivity index (χ3v) is 3.36. The predicted molar refractivity (Wildman–Crippen MR) is 76.2 cm³/mol. The van der Waals surface area contributed by atoms with Gasteiger partial charge in [-0.15, -0.1) is 11.3 Å². The lowest BCUT2D eigenvalue weighted by Crippen LogP contribution is -2.11. The monoisotopic (exact) mass is 330 g/mol. The van der Waals surface area contributed by atoms with Crippen molar-refractivity contribution in [2.75, 3.05) is 25.1 Å². The number of carboxylic acid groups (broad SMARTS) is 1. The molecular weight excluding hydrogens is 318 g/mol. The Labute approximate surface area is 128 Å². The number of ether oxygens (including phenoxy) is 1. The number of nitrogens with one attached hydrogen (secondary N) is 1. The van der Waals surface area contributed by atoms with Crippen molar-refractivity contribution >= 4 is 22.4 Å². The van der Waals surface area contributed by atoms with E-state index >= 15 is 0 Å². The number of aliphatic hydroxyl groups excluding tert-OH is 1. The van der Waals surface area contributed by atoms with E-state index in [1.54, 1.807) is 5.38 Å². The SMILES string of the molecule is O=C(O)COc1c(-c2csc(NCCO)n2)ccc(F)c1F. The minimum Gasteiger partial charge on any atom is -0.479 e. The number of hydrogen-bond donors (Lipinski definition) is 3. The summed E-state index contributed by atoms with van der Waals surface area (Å²) in [6.45, 7) is -0.576. The highest BCUT2D eigenvalue weighted by atomic mass is 32.1. The zero-order valence-electron chi connectivity index (χ0n) is 11.2. The summed E-state index contributed by atoms with van der Waals surface area (Å²) in [5, 5.41) is 22.2. The molecular formula is C13H12F2N2O4S. The highest BCUT2D eigenvalue weighted by Crippen LogP contribution is 2.35. The van der Waals surface area contributed by atoms with Gasteiger partial charge in [0.2, 0.25) is 5.82 Å². The fourth-order valence-corrected chi connectivity index (χ4v) is 2.39. The average Bonchev–Trinajstić information content (AvgIpc) is 2.95. The first-order valence-electron chi connectivity index (χ1n) is 6.16. The lowest BCUT2D eigenvalue weighted by atomic mass is 10.1. The van der Waals surface area contributed by atoms with Crippen molar-refractivity contribution in [1.82, 2.24) is 4.98 Å². The summed E-state index contributed by atoms with van der Waals surface area (Å²) in [7, 11) is 0. The van der Waals surface area contributed by atoms with Crippen LogP contribution in [0.4, 0.5) is 13.9 Å². The molecule has 1 aromatic heterocycles. The molecule has 2 aromatic rings. The van der Waals surface area contributed by atoms with Gasteiger partial charge < -0.3 is 20.3 Å². The number of aromatic nitrogens is 1. The number of benzene rings is 1. The topological polar surface area (TPSA) is 91.7 Å². The Morgan fingerprint density at radius 1 is 1.41 bits per heavy atom. The average molecular weight is 330 g/mol. The summed E-state index contributed by atoms with van der Waals surface area (Å²) in [5.74, 6) is -4.21. The number of anilines is 1. The van der Waals surface area contributed by atoms with E-state index in [1.165, 1.54) is 17.4 Å². The molecule has 2 rings (SSSR count). The Morgan fingerprint density at radius 3 is 2.86 bits per heavy atom. The van der Waals surface area contributed by atoms with E-state index in [9.17, 15) is 13.6 Å². The molecule has 9 heteroatoms. The van der Waals surface area contributed by atoms with Crippen molar-refractivity contribution in [2.45, 2.75) is 0 Å². The van der Waals surface area contributed by atoms with E-state index in [0.717, 1.165) is 6.07 Å². The van der Waals surface area contributed by atoms with Crippen molar-refractivity contribution in [3.8, 4) is 17.0 Å². The molecule has 0 aliphatic carbocycles. The predicted octanol–water partition coefficient (Wildman–Crippen LogP) is 1.96. The summed E-state index contributed by atoms with van der Waals surface area (Å²) in [6, 6.07) is 2.18. The van der Waals surface area contributed by atoms with Crippen LogP contribution < -0.4 is 10.1 Å². The molecule has 6 nitrogen and oxygen atoms in total. The lowest BCUT2D eigenvalue weighted by molar-refractivity contribution is -0.139. The normalized spacial score (nSPS) is 10.5. The first kappa shape index (κ1) is 16.1. The van der Waals surface area contributed by atoms with Gasteiger partial charge in [0.15, 0.2) is 23.3 Å². The molecule has 0 aliphatic rings. The second-order valence-electron chi connectivity index (χ2n) is 4.11. The van der Waals surface area contributed by atoms with Crippen LogP contribution in [-0.4, -0.2) is 40.9 Å². The Bertz CT molecular complexity index is 678. The van der Waals surface area contributed by atoms with Crippen LogP contribution in [0, 0.1) is 11.6 Å². The van der Waals surface area contributed by atoms with Gasteiger partial charge in [0, 0.05) is 17.5 Å². The Kier molecular flexibility index (Phi) is 5.23. The second kappa shape index (κ2) is 7.14. The highest BCUT2D eigenvalue weighted by Gasteiger charge is 2.19. The molecule has 0 amide bonds. The number of hydrogen-bond acceptors (Lipinski definition) is 6. The Hall–Kier alpha value is -2.26. The van der Waals surface area contributed by atoms with Crippen LogP contribution in [0.3, 0.4) is 0 Å². The Balaban J connectivity index is 2.34. The maximum atomic E-state index is 13.8. The molecule has 3 N–H and O–H groups in total. The number of carboxylic acids is 1. The third-order valence-electron chi connectivity index (χ3n) is 2.56. The van der Waals surface area contributed by atoms with Crippen LogP contribution in [0.5, 0.6) is 5.75 Å². The first-order chi connectivity index (χ1) is 10.5. The van der Waals surface area contributed by atoms with Crippen molar-refractivity contribution in [1.29, 1.82) is 0 Å². The molecule has 0 unspecified atom stereocenters. The van der Waals surface area contributed by atoms with Gasteiger partial charge in [-0.1, -0.05) is 0 Å². The molecule has 0 saturated carbocycles. The van der Waals surface area contributed by atoms with Crippen LogP contribution in [0.15, 0.2) is 17.5 Å². The highest BCUT2D eigenvalue weighted by molar-refractivity contribution is 7.14. The summed E-state index contributed by atoms with van der Waals surface area (Å²) < 4.78 is 32.0. The molecule has 22 heavy (non-hydrogen) atoms. The van der Waals surface area contributed by atoms with E-state index in [4.69, 9.17) is 14.9 Å². The van der Waals surface area contributed by atoms with E-state index < -0.39 is 30.0 Å². The second-order valence-corrected chi connectivity index (χ2v) is 4.97. The summed E-state index contributed by atoms with van der Waals surface area (Å²) in [5.41, 5.74) is 0.457. The van der Waals surface area contributed by atoms with Gasteiger partial charge in [-0.2, -0.15) is 4.39 Å². The maximum Gasteiger partial charge on any atom is 0.341 e. The molecule has 0 saturated heterocycles. The number of aliphatic hydroxyl groups is 1. The lowest BCUT2D eigenvalue weighted by Gasteiger charge is -2.10. The van der Waals surface area contributed by atoms with Gasteiger partial charge >= 0.3 is 5.97 Å². The summed E-state index contributed by atoms with van der Waals surface area (Å²) in [6.07, 6.45) is 0. The van der Waals surface area contributed by atoms with Crippen molar-refractivity contribution in [3.63, 3.8) is 0 Å². The largest absolute Gasteiger partial charge is 0.479 e. The minimum absolute atomic E-state index is 0.0763. The summed E-state index contributed by atoms with van der Waals surface area (Å²) in [4.78, 5) is 14.7. The molecule has 0 spiro atoms. The number of thiazole rings is 1. The number of rotatable bonds is 7. The number of aliphatic carboxylic acids is 1. The zero-order chi connectivity index (χ0) is 16.1. The van der Waals surface area contributed by atoms with Crippen LogP contribution in [0.25, 0.3) is 11.3 Å². The molecule has 0 bridgehead atoms. The molecule has 0 fully saturated rings. The van der Waals surface area contributed by atoms with Crippen LogP contribution in [0.2, 0.25) is 0 Å². The molecule has 0 aliphatic heterocycles. The number of carbonyl (C=O) groups is 1. The fraction of sp³-hybridized carbons (Fsp3) is 0.231.